The van der Waals surface area contributed by atoms with Crippen LogP contribution in [-0.2, 0) is 0 Å². The minimum Gasteiger partial charge on any atom is -0.310 e. The fourth-order valence-electron chi connectivity index (χ4n) is 11.5. The Morgan fingerprint density at radius 2 is 0.725 bits per heavy atom. The smallest absolute Gasteiger partial charge is 0.141 e. The molecular weight excluding hydrogens is 824 g/mol. The molecule has 0 amide bonds. The molecule has 0 aliphatic carbocycles. The van der Waals surface area contributed by atoms with Crippen LogP contribution in [0.1, 0.15) is 0 Å². The van der Waals surface area contributed by atoms with Crippen LogP contribution < -0.4 is 38.2 Å². The summed E-state index contributed by atoms with van der Waals surface area (Å²) in [7, 11) is 16.3. The fraction of sp³-hybridized carbons (Fsp3) is 0. The molecule has 2 heterocycles. The number of rotatable bonds is 7. The second kappa shape index (κ2) is 16.8. The van der Waals surface area contributed by atoms with Crippen molar-refractivity contribution in [2.24, 2.45) is 0 Å². The summed E-state index contributed by atoms with van der Waals surface area (Å²) in [6.07, 6.45) is 0. The molecule has 0 aliphatic rings. The number of benzene rings is 10. The Hall–Kier alpha value is -7.75. The minimum absolute atomic E-state index is 1.14. The SMILES string of the molecule is Bc1c(B)c(B)c2c(c1B)c1c(B)c(-c3ccc4c(c3)c3cccc(-c5cccc(-c6ccccc6)c5)c3n4-c3cccc(-c4ccccc4)c3)c(B)c(B)c1n2-c1cccc(-c2ccccc2)c1. The maximum Gasteiger partial charge on any atom is 0.141 e. The predicted molar refractivity (Wildman–Crippen MR) is 320 cm³/mol. The molecule has 0 N–H and O–H groups in total. The summed E-state index contributed by atoms with van der Waals surface area (Å²) >= 11 is 0. The van der Waals surface area contributed by atoms with Crippen LogP contribution in [0.5, 0.6) is 0 Å². The average molecular weight is 872 g/mol. The van der Waals surface area contributed by atoms with Crippen molar-refractivity contribution in [3.63, 3.8) is 0 Å². The molecule has 0 atom stereocenters. The molecule has 10 aromatic carbocycles. The Kier molecular flexibility index (Phi) is 10.4. The number of aromatic nitrogens is 2. The van der Waals surface area contributed by atoms with Crippen LogP contribution in [-0.4, -0.2) is 64.1 Å². The van der Waals surface area contributed by atoms with Gasteiger partial charge in [0.1, 0.15) is 54.9 Å². The van der Waals surface area contributed by atoms with Crippen LogP contribution in [0.4, 0.5) is 0 Å². The molecule has 0 radical (unpaired) electrons. The van der Waals surface area contributed by atoms with Crippen molar-refractivity contribution in [3.05, 3.63) is 200 Å². The van der Waals surface area contributed by atoms with Gasteiger partial charge in [-0.2, -0.15) is 0 Å². The zero-order valence-corrected chi connectivity index (χ0v) is 40.4. The highest BCUT2D eigenvalue weighted by molar-refractivity contribution is 6.69. The van der Waals surface area contributed by atoms with E-state index in [-0.39, 0.29) is 0 Å². The van der Waals surface area contributed by atoms with Crippen molar-refractivity contribution in [3.8, 4) is 67.0 Å². The molecule has 0 aliphatic heterocycles. The number of hydrogen-bond acceptors (Lipinski definition) is 0. The Morgan fingerprint density at radius 3 is 1.32 bits per heavy atom. The quantitative estimate of drug-likeness (QED) is 0.215. The van der Waals surface area contributed by atoms with Gasteiger partial charge >= 0.3 is 0 Å². The summed E-state index contributed by atoms with van der Waals surface area (Å²) < 4.78 is 5.09. The average Bonchev–Trinajstić information content (AvgIpc) is 3.94. The van der Waals surface area contributed by atoms with Gasteiger partial charge in [0.15, 0.2) is 0 Å². The monoisotopic (exact) mass is 872 g/mol. The molecule has 12 rings (SSSR count). The molecule has 318 valence electrons. The minimum atomic E-state index is 1.14. The number of fused-ring (bicyclic) bond motifs is 6. The van der Waals surface area contributed by atoms with Gasteiger partial charge in [-0.15, -0.1) is 5.46 Å². The number of nitrogens with zero attached hydrogens (tertiary/aromatic N) is 2. The first kappa shape index (κ1) is 42.6. The van der Waals surface area contributed by atoms with Crippen LogP contribution in [0.2, 0.25) is 0 Å². The van der Waals surface area contributed by atoms with Crippen molar-refractivity contribution in [1.82, 2.24) is 9.13 Å². The lowest BCUT2D eigenvalue weighted by Gasteiger charge is -2.19. The number of para-hydroxylation sites is 1. The Morgan fingerprint density at radius 1 is 0.261 bits per heavy atom. The van der Waals surface area contributed by atoms with Gasteiger partial charge in [-0.25, -0.2) is 0 Å². The molecule has 69 heavy (non-hydrogen) atoms. The largest absolute Gasteiger partial charge is 0.310 e. The molecule has 9 heteroatoms. The molecule has 0 spiro atoms. The van der Waals surface area contributed by atoms with E-state index in [9.17, 15) is 0 Å². The van der Waals surface area contributed by atoms with E-state index in [1.165, 1.54) is 143 Å². The molecule has 0 saturated heterocycles. The van der Waals surface area contributed by atoms with E-state index in [0.717, 1.165) is 5.69 Å². The molecule has 12 aromatic rings. The van der Waals surface area contributed by atoms with Gasteiger partial charge in [0, 0.05) is 44.1 Å². The molecule has 2 aromatic heterocycles. The predicted octanol–water partition coefficient (Wildman–Crippen LogP) is 4.02. The second-order valence-corrected chi connectivity index (χ2v) is 19.1. The van der Waals surface area contributed by atoms with E-state index in [2.05, 4.69) is 264 Å². The molecule has 0 bridgehead atoms. The van der Waals surface area contributed by atoms with Crippen LogP contribution in [0.25, 0.3) is 111 Å². The van der Waals surface area contributed by atoms with Crippen LogP contribution in [0.3, 0.4) is 0 Å². The maximum atomic E-state index is 2.58. The third-order valence-corrected chi connectivity index (χ3v) is 15.4. The highest BCUT2D eigenvalue weighted by atomic mass is 15.0. The lowest BCUT2D eigenvalue weighted by Crippen LogP contribution is -2.48. The van der Waals surface area contributed by atoms with Gasteiger partial charge in [0.05, 0.1) is 11.0 Å². The van der Waals surface area contributed by atoms with Gasteiger partial charge in [-0.1, -0.05) is 191 Å². The third kappa shape index (κ3) is 6.81. The molecule has 0 saturated carbocycles. The van der Waals surface area contributed by atoms with Crippen LogP contribution >= 0.6 is 0 Å². The summed E-state index contributed by atoms with van der Waals surface area (Å²) in [5.74, 6) is 0. The van der Waals surface area contributed by atoms with Gasteiger partial charge < -0.3 is 9.13 Å². The van der Waals surface area contributed by atoms with Crippen molar-refractivity contribution in [2.75, 3.05) is 0 Å². The summed E-state index contributed by atoms with van der Waals surface area (Å²) in [4.78, 5) is 0. The topological polar surface area (TPSA) is 9.86 Å². The fourth-order valence-corrected chi connectivity index (χ4v) is 11.5. The summed E-state index contributed by atoms with van der Waals surface area (Å²) in [5.41, 5.74) is 28.9. The Balaban J connectivity index is 1.13. The van der Waals surface area contributed by atoms with Gasteiger partial charge in [0.25, 0.3) is 0 Å². The van der Waals surface area contributed by atoms with Gasteiger partial charge in [0.2, 0.25) is 0 Å². The first-order chi connectivity index (χ1) is 33.7. The van der Waals surface area contributed by atoms with Crippen LogP contribution in [0, 0.1) is 0 Å². The van der Waals surface area contributed by atoms with Gasteiger partial charge in [-0.05, 0) is 97.9 Å². The van der Waals surface area contributed by atoms with E-state index < -0.39 is 0 Å². The van der Waals surface area contributed by atoms with Crippen molar-refractivity contribution < 1.29 is 0 Å². The Labute approximate surface area is 410 Å². The molecule has 0 fully saturated rings. The van der Waals surface area contributed by atoms with Crippen molar-refractivity contribution >= 4 is 137 Å². The highest BCUT2D eigenvalue weighted by Crippen LogP contribution is 2.41. The summed E-state index contributed by atoms with van der Waals surface area (Å²) in [6.45, 7) is 0. The lowest BCUT2D eigenvalue weighted by molar-refractivity contribution is 1.18. The van der Waals surface area contributed by atoms with Gasteiger partial charge in [-0.3, -0.25) is 0 Å². The molecule has 2 nitrogen and oxygen atoms in total. The van der Waals surface area contributed by atoms with E-state index >= 15 is 0 Å². The Bertz CT molecular complexity index is 4030. The first-order valence-corrected chi connectivity index (χ1v) is 24.3. The maximum absolute atomic E-state index is 2.58. The normalized spacial score (nSPS) is 11.6. The first-order valence-electron chi connectivity index (χ1n) is 24.3. The third-order valence-electron chi connectivity index (χ3n) is 15.4. The van der Waals surface area contributed by atoms with Crippen LogP contribution in [0.15, 0.2) is 200 Å². The zero-order chi connectivity index (χ0) is 47.1. The lowest BCUT2D eigenvalue weighted by atomic mass is 9.64. The standard InChI is InChI=1S/C60H47B7N2/c61-51-48(52(62)56(66)59-49(51)50-53(63)54(64)55(65)57(67)60(50)69(59)43-25-12-22-39(32-43)36-18-8-3-9-19-36)41-28-29-47-46(33-41)45-27-13-26-44(40-23-10-20-37(30-40)34-14-4-1-5-15-34)58(45)68(47)42-24-11-21-38(31-42)35-16-6-2-7-17-35/h1-33H,61-67H2. The number of hydrogen-bond donors (Lipinski definition) is 0. The van der Waals surface area contributed by atoms with Crippen molar-refractivity contribution in [1.29, 1.82) is 0 Å². The molecular formula is C60H47B7N2. The van der Waals surface area contributed by atoms with E-state index in [4.69, 9.17) is 0 Å². The summed E-state index contributed by atoms with van der Waals surface area (Å²) in [5, 5.41) is 5.18. The van der Waals surface area contributed by atoms with Crippen molar-refractivity contribution in [2.45, 2.75) is 0 Å². The van der Waals surface area contributed by atoms with E-state index in [1.54, 1.807) is 0 Å². The second-order valence-electron chi connectivity index (χ2n) is 19.1. The summed E-state index contributed by atoms with van der Waals surface area (Å²) in [6, 6.07) is 73.5. The van der Waals surface area contributed by atoms with E-state index in [0.29, 0.717) is 0 Å². The molecule has 0 unspecified atom stereocenters. The highest BCUT2D eigenvalue weighted by Gasteiger charge is 2.26. The van der Waals surface area contributed by atoms with E-state index in [1.807, 2.05) is 0 Å². The zero-order valence-electron chi connectivity index (χ0n) is 40.4.